The van der Waals surface area contributed by atoms with E-state index in [-0.39, 0.29) is 35.8 Å². The van der Waals surface area contributed by atoms with Crippen LogP contribution in [0.5, 0.6) is 0 Å². The van der Waals surface area contributed by atoms with Gasteiger partial charge >= 0.3 is 0 Å². The minimum atomic E-state index is -0.213. The summed E-state index contributed by atoms with van der Waals surface area (Å²) in [5.41, 5.74) is 0.881. The first-order valence-corrected chi connectivity index (χ1v) is 9.94. The maximum Gasteiger partial charge on any atom is 0.191 e. The molecule has 3 rings (SSSR count). The van der Waals surface area contributed by atoms with Gasteiger partial charge in [-0.25, -0.2) is 14.1 Å². The molecule has 0 bridgehead atoms. The van der Waals surface area contributed by atoms with Gasteiger partial charge in [0.25, 0.3) is 0 Å². The van der Waals surface area contributed by atoms with Crippen LogP contribution in [0, 0.1) is 5.82 Å². The van der Waals surface area contributed by atoms with Crippen LogP contribution in [0.3, 0.4) is 0 Å². The summed E-state index contributed by atoms with van der Waals surface area (Å²) >= 11 is 0. The summed E-state index contributed by atoms with van der Waals surface area (Å²) in [4.78, 5) is 10.9. The Morgan fingerprint density at radius 1 is 1.43 bits per heavy atom. The Morgan fingerprint density at radius 3 is 3.00 bits per heavy atom. The number of aliphatic imine (C=N–C) groups is 1. The quantitative estimate of drug-likeness (QED) is 0.236. The monoisotopic (exact) mass is 531 g/mol. The summed E-state index contributed by atoms with van der Waals surface area (Å²) in [5.74, 6) is 2.31. The molecule has 1 aromatic carbocycles. The average molecular weight is 531 g/mol. The zero-order chi connectivity index (χ0) is 20.6. The van der Waals surface area contributed by atoms with Crippen LogP contribution in [0.4, 0.5) is 10.1 Å². The molecule has 0 aliphatic carbocycles. The van der Waals surface area contributed by atoms with Crippen molar-refractivity contribution in [3.05, 3.63) is 41.7 Å². The Morgan fingerprint density at radius 2 is 2.27 bits per heavy atom. The molecule has 10 heteroatoms. The van der Waals surface area contributed by atoms with Crippen molar-refractivity contribution in [2.75, 3.05) is 39.2 Å². The molecular weight excluding hydrogens is 500 g/mol. The van der Waals surface area contributed by atoms with Crippen molar-refractivity contribution in [3.63, 3.8) is 0 Å². The van der Waals surface area contributed by atoms with Crippen LogP contribution in [0.25, 0.3) is 0 Å². The van der Waals surface area contributed by atoms with Crippen molar-refractivity contribution in [1.82, 2.24) is 25.4 Å². The number of aryl methyl sites for hydroxylation is 1. The Kier molecular flexibility index (Phi) is 9.76. The average Bonchev–Trinajstić information content (AvgIpc) is 3.12. The molecular formula is C20H31FIN7O. The lowest BCUT2D eigenvalue weighted by molar-refractivity contribution is 0.177. The first-order chi connectivity index (χ1) is 14.1. The van der Waals surface area contributed by atoms with Crippen molar-refractivity contribution in [1.29, 1.82) is 0 Å². The van der Waals surface area contributed by atoms with Gasteiger partial charge in [0.1, 0.15) is 18.2 Å². The molecule has 0 amide bonds. The van der Waals surface area contributed by atoms with Gasteiger partial charge in [0.2, 0.25) is 0 Å². The van der Waals surface area contributed by atoms with Crippen LogP contribution >= 0.6 is 24.0 Å². The first kappa shape index (κ1) is 24.3. The lowest BCUT2D eigenvalue weighted by Gasteiger charge is -2.25. The van der Waals surface area contributed by atoms with Crippen LogP contribution in [0.15, 0.2) is 29.3 Å². The van der Waals surface area contributed by atoms with Gasteiger partial charge in [-0.05, 0) is 31.0 Å². The summed E-state index contributed by atoms with van der Waals surface area (Å²) in [5, 5.41) is 11.3. The number of anilines is 1. The van der Waals surface area contributed by atoms with E-state index in [4.69, 9.17) is 4.74 Å². The number of nitrogens with zero attached hydrogens (tertiary/aromatic N) is 5. The summed E-state index contributed by atoms with van der Waals surface area (Å²) in [6.45, 7) is 2.79. The van der Waals surface area contributed by atoms with Gasteiger partial charge in [-0.2, -0.15) is 5.10 Å². The van der Waals surface area contributed by atoms with E-state index in [0.29, 0.717) is 6.61 Å². The van der Waals surface area contributed by atoms with E-state index in [0.717, 1.165) is 62.2 Å². The van der Waals surface area contributed by atoms with E-state index in [1.807, 2.05) is 22.7 Å². The maximum absolute atomic E-state index is 13.3. The number of nitrogens with one attached hydrogen (secondary N) is 2. The highest BCUT2D eigenvalue weighted by Crippen LogP contribution is 2.14. The molecule has 1 aliphatic rings. The number of guanidine groups is 1. The van der Waals surface area contributed by atoms with E-state index in [9.17, 15) is 4.39 Å². The SMILES string of the molecule is CN=C(NCCCN(C)c1cccc(F)c1)NC1CCc2nc(COC)nn2C1.I. The molecule has 2 heterocycles. The number of halogens is 2. The third-order valence-electron chi connectivity index (χ3n) is 4.95. The Bertz CT molecular complexity index is 829. The van der Waals surface area contributed by atoms with Crippen LogP contribution in [0.1, 0.15) is 24.5 Å². The van der Waals surface area contributed by atoms with Crippen LogP contribution in [-0.2, 0) is 24.3 Å². The number of aromatic nitrogens is 3. The van der Waals surface area contributed by atoms with E-state index in [1.54, 1.807) is 26.3 Å². The Balaban J connectivity index is 0.00000320. The highest BCUT2D eigenvalue weighted by Gasteiger charge is 2.22. The van der Waals surface area contributed by atoms with Crippen LogP contribution in [0.2, 0.25) is 0 Å². The normalized spacial score (nSPS) is 15.9. The minimum Gasteiger partial charge on any atom is -0.377 e. The molecule has 2 aromatic rings. The molecule has 2 N–H and O–H groups in total. The highest BCUT2D eigenvalue weighted by molar-refractivity contribution is 14.0. The topological polar surface area (TPSA) is 79.6 Å². The predicted molar refractivity (Wildman–Crippen MR) is 127 cm³/mol. The van der Waals surface area contributed by atoms with Crippen LogP contribution in [-0.4, -0.2) is 61.1 Å². The van der Waals surface area contributed by atoms with Gasteiger partial charge in [-0.3, -0.25) is 4.99 Å². The molecule has 1 aliphatic heterocycles. The summed E-state index contributed by atoms with van der Waals surface area (Å²) in [6.07, 6.45) is 2.77. The summed E-state index contributed by atoms with van der Waals surface area (Å²) in [6, 6.07) is 6.90. The van der Waals surface area contributed by atoms with Gasteiger partial charge in [0.05, 0.1) is 6.54 Å². The fourth-order valence-corrected chi connectivity index (χ4v) is 3.42. The number of benzene rings is 1. The van der Waals surface area contributed by atoms with Gasteiger partial charge in [-0.1, -0.05) is 6.07 Å². The van der Waals surface area contributed by atoms with Gasteiger partial charge in [0, 0.05) is 52.4 Å². The molecule has 166 valence electrons. The number of fused-ring (bicyclic) bond motifs is 1. The molecule has 8 nitrogen and oxygen atoms in total. The fourth-order valence-electron chi connectivity index (χ4n) is 3.42. The van der Waals surface area contributed by atoms with Gasteiger partial charge in [0.15, 0.2) is 11.8 Å². The zero-order valence-electron chi connectivity index (χ0n) is 17.8. The largest absolute Gasteiger partial charge is 0.377 e. The molecule has 30 heavy (non-hydrogen) atoms. The lowest BCUT2D eigenvalue weighted by Crippen LogP contribution is -2.47. The minimum absolute atomic E-state index is 0. The number of rotatable bonds is 8. The summed E-state index contributed by atoms with van der Waals surface area (Å²) < 4.78 is 20.4. The van der Waals surface area contributed by atoms with E-state index in [1.165, 1.54) is 6.07 Å². The standard InChI is InChI=1S/C20H30FN7O.HI/c1-22-20(23-10-5-11-27(2)17-7-4-6-15(21)12-17)24-16-8-9-19-25-18(14-29-3)26-28(19)13-16;/h4,6-7,12,16H,5,8-11,13-14H2,1-3H3,(H2,22,23,24);1H. The van der Waals surface area contributed by atoms with Crippen molar-refractivity contribution in [2.45, 2.75) is 38.5 Å². The second-order valence-corrected chi connectivity index (χ2v) is 7.19. The first-order valence-electron chi connectivity index (χ1n) is 9.94. The number of methoxy groups -OCH3 is 1. The molecule has 1 atom stereocenters. The third kappa shape index (κ3) is 6.79. The Hall–Kier alpha value is -1.95. The fraction of sp³-hybridized carbons (Fsp3) is 0.550. The molecule has 1 aromatic heterocycles. The summed E-state index contributed by atoms with van der Waals surface area (Å²) in [7, 11) is 5.39. The van der Waals surface area contributed by atoms with Crippen molar-refractivity contribution in [3.8, 4) is 0 Å². The van der Waals surface area contributed by atoms with Crippen molar-refractivity contribution >= 4 is 35.6 Å². The number of hydrogen-bond acceptors (Lipinski definition) is 5. The molecule has 0 saturated carbocycles. The smallest absolute Gasteiger partial charge is 0.191 e. The molecule has 0 fully saturated rings. The molecule has 0 saturated heterocycles. The van der Waals surface area contributed by atoms with Crippen LogP contribution < -0.4 is 15.5 Å². The zero-order valence-corrected chi connectivity index (χ0v) is 20.1. The van der Waals surface area contributed by atoms with E-state index >= 15 is 0 Å². The van der Waals surface area contributed by atoms with E-state index < -0.39 is 0 Å². The molecule has 0 radical (unpaired) electrons. The Labute approximate surface area is 194 Å². The second kappa shape index (κ2) is 12.0. The maximum atomic E-state index is 13.3. The second-order valence-electron chi connectivity index (χ2n) is 7.19. The third-order valence-corrected chi connectivity index (χ3v) is 4.95. The number of hydrogen-bond donors (Lipinski definition) is 2. The van der Waals surface area contributed by atoms with Gasteiger partial charge < -0.3 is 20.3 Å². The van der Waals surface area contributed by atoms with Gasteiger partial charge in [-0.15, -0.1) is 24.0 Å². The van der Waals surface area contributed by atoms with E-state index in [2.05, 4.69) is 25.7 Å². The number of ether oxygens (including phenoxy) is 1. The highest BCUT2D eigenvalue weighted by atomic mass is 127. The molecule has 0 spiro atoms. The lowest BCUT2D eigenvalue weighted by atomic mass is 10.1. The molecule has 1 unspecified atom stereocenters. The predicted octanol–water partition coefficient (Wildman–Crippen LogP) is 2.19. The van der Waals surface area contributed by atoms with Crippen molar-refractivity contribution < 1.29 is 9.13 Å². The van der Waals surface area contributed by atoms with Crippen molar-refractivity contribution in [2.24, 2.45) is 4.99 Å².